The summed E-state index contributed by atoms with van der Waals surface area (Å²) < 4.78 is 5.34. The molecule has 1 fully saturated rings. The SMILES string of the molecule is O=C(NCCc1nc(-c2ccc(O)cc2)cs1)C1CCCO1. The van der Waals surface area contributed by atoms with Gasteiger partial charge in [0.05, 0.1) is 10.7 Å². The van der Waals surface area contributed by atoms with Gasteiger partial charge in [0.25, 0.3) is 0 Å². The summed E-state index contributed by atoms with van der Waals surface area (Å²) in [7, 11) is 0. The summed E-state index contributed by atoms with van der Waals surface area (Å²) in [6.07, 6.45) is 2.21. The van der Waals surface area contributed by atoms with Crippen LogP contribution < -0.4 is 5.32 Å². The molecule has 3 rings (SSSR count). The molecule has 1 aliphatic rings. The minimum Gasteiger partial charge on any atom is -0.508 e. The number of amides is 1. The number of carbonyl (C=O) groups excluding carboxylic acids is 1. The van der Waals surface area contributed by atoms with Crippen LogP contribution in [0.1, 0.15) is 17.8 Å². The normalized spacial score (nSPS) is 17.5. The van der Waals surface area contributed by atoms with Crippen molar-refractivity contribution in [3.63, 3.8) is 0 Å². The Hall–Kier alpha value is -1.92. The van der Waals surface area contributed by atoms with Crippen LogP contribution in [0.2, 0.25) is 0 Å². The van der Waals surface area contributed by atoms with Crippen molar-refractivity contribution in [3.05, 3.63) is 34.7 Å². The van der Waals surface area contributed by atoms with E-state index in [0.717, 1.165) is 29.1 Å². The Morgan fingerprint density at radius 2 is 2.23 bits per heavy atom. The molecule has 0 spiro atoms. The quantitative estimate of drug-likeness (QED) is 0.888. The van der Waals surface area contributed by atoms with E-state index in [0.29, 0.717) is 19.6 Å². The summed E-state index contributed by atoms with van der Waals surface area (Å²) in [6, 6.07) is 6.98. The first-order chi connectivity index (χ1) is 10.7. The van der Waals surface area contributed by atoms with E-state index in [9.17, 15) is 9.90 Å². The number of nitrogens with one attached hydrogen (secondary N) is 1. The van der Waals surface area contributed by atoms with Crippen LogP contribution >= 0.6 is 11.3 Å². The van der Waals surface area contributed by atoms with Gasteiger partial charge in [-0.1, -0.05) is 0 Å². The molecule has 1 atom stereocenters. The Kier molecular flexibility index (Phi) is 4.70. The molecule has 6 heteroatoms. The largest absolute Gasteiger partial charge is 0.508 e. The van der Waals surface area contributed by atoms with E-state index in [1.54, 1.807) is 23.5 Å². The van der Waals surface area contributed by atoms with Gasteiger partial charge in [-0.3, -0.25) is 4.79 Å². The van der Waals surface area contributed by atoms with Crippen LogP contribution in [0, 0.1) is 0 Å². The van der Waals surface area contributed by atoms with Gasteiger partial charge in [0.2, 0.25) is 5.91 Å². The highest BCUT2D eigenvalue weighted by Crippen LogP contribution is 2.23. The summed E-state index contributed by atoms with van der Waals surface area (Å²) in [4.78, 5) is 16.4. The number of carbonyl (C=O) groups is 1. The maximum atomic E-state index is 11.8. The number of nitrogens with zero attached hydrogens (tertiary/aromatic N) is 1. The fourth-order valence-corrected chi connectivity index (χ4v) is 3.19. The zero-order valence-corrected chi connectivity index (χ0v) is 12.9. The number of phenolic OH excluding ortho intramolecular Hbond substituents is 1. The van der Waals surface area contributed by atoms with Crippen LogP contribution in [-0.4, -0.2) is 35.3 Å². The number of thiazole rings is 1. The van der Waals surface area contributed by atoms with E-state index >= 15 is 0 Å². The van der Waals surface area contributed by atoms with E-state index in [1.807, 2.05) is 17.5 Å². The third-order valence-electron chi connectivity index (χ3n) is 3.58. The summed E-state index contributed by atoms with van der Waals surface area (Å²) in [5, 5.41) is 15.2. The lowest BCUT2D eigenvalue weighted by molar-refractivity contribution is -0.129. The fraction of sp³-hybridized carbons (Fsp3) is 0.375. The molecule has 2 aromatic rings. The van der Waals surface area contributed by atoms with Crippen LogP contribution in [0.3, 0.4) is 0 Å². The lowest BCUT2D eigenvalue weighted by atomic mass is 10.2. The van der Waals surface area contributed by atoms with Crippen molar-refractivity contribution in [2.24, 2.45) is 0 Å². The minimum absolute atomic E-state index is 0.0205. The Morgan fingerprint density at radius 3 is 2.95 bits per heavy atom. The third-order valence-corrected chi connectivity index (χ3v) is 4.48. The summed E-state index contributed by atoms with van der Waals surface area (Å²) in [5.41, 5.74) is 1.87. The second-order valence-electron chi connectivity index (χ2n) is 5.22. The minimum atomic E-state index is -0.274. The average molecular weight is 318 g/mol. The standard InChI is InChI=1S/C16H18N2O3S/c19-12-5-3-11(4-6-12)13-10-22-15(18-13)7-8-17-16(20)14-2-1-9-21-14/h3-6,10,14,19H,1-2,7-9H2,(H,17,20). The first-order valence-corrected chi connectivity index (χ1v) is 8.23. The van der Waals surface area contributed by atoms with Crippen LogP contribution in [0.25, 0.3) is 11.3 Å². The zero-order chi connectivity index (χ0) is 15.4. The molecule has 0 aliphatic carbocycles. The molecule has 2 N–H and O–H groups in total. The van der Waals surface area contributed by atoms with Crippen molar-refractivity contribution in [2.45, 2.75) is 25.4 Å². The van der Waals surface area contributed by atoms with E-state index in [1.165, 1.54) is 0 Å². The number of aromatic hydroxyl groups is 1. The van der Waals surface area contributed by atoms with Crippen LogP contribution in [0.5, 0.6) is 5.75 Å². The van der Waals surface area contributed by atoms with Crippen molar-refractivity contribution >= 4 is 17.2 Å². The monoisotopic (exact) mass is 318 g/mol. The van der Waals surface area contributed by atoms with E-state index in [4.69, 9.17) is 4.74 Å². The van der Waals surface area contributed by atoms with Gasteiger partial charge in [-0.15, -0.1) is 11.3 Å². The second-order valence-corrected chi connectivity index (χ2v) is 6.16. The molecule has 22 heavy (non-hydrogen) atoms. The van der Waals surface area contributed by atoms with Crippen molar-refractivity contribution in [2.75, 3.05) is 13.2 Å². The van der Waals surface area contributed by atoms with Crippen LogP contribution in [-0.2, 0) is 16.0 Å². The molecule has 1 unspecified atom stereocenters. The van der Waals surface area contributed by atoms with Gasteiger partial charge < -0.3 is 15.2 Å². The number of hydrogen-bond donors (Lipinski definition) is 2. The number of aromatic nitrogens is 1. The number of ether oxygens (including phenoxy) is 1. The molecule has 0 bridgehead atoms. The molecule has 5 nitrogen and oxygen atoms in total. The predicted molar refractivity (Wildman–Crippen MR) is 84.9 cm³/mol. The van der Waals surface area contributed by atoms with Gasteiger partial charge >= 0.3 is 0 Å². The molecular weight excluding hydrogens is 300 g/mol. The van der Waals surface area contributed by atoms with Crippen molar-refractivity contribution < 1.29 is 14.6 Å². The van der Waals surface area contributed by atoms with E-state index < -0.39 is 0 Å². The number of phenols is 1. The molecule has 1 aromatic carbocycles. The molecule has 0 radical (unpaired) electrons. The van der Waals surface area contributed by atoms with Crippen molar-refractivity contribution in [1.29, 1.82) is 0 Å². The molecule has 1 aromatic heterocycles. The Balaban J connectivity index is 1.51. The zero-order valence-electron chi connectivity index (χ0n) is 12.1. The van der Waals surface area contributed by atoms with Crippen LogP contribution in [0.15, 0.2) is 29.6 Å². The molecule has 2 heterocycles. The van der Waals surface area contributed by atoms with Crippen LogP contribution in [0.4, 0.5) is 0 Å². The maximum absolute atomic E-state index is 11.8. The molecular formula is C16H18N2O3S. The van der Waals surface area contributed by atoms with E-state index in [2.05, 4.69) is 10.3 Å². The highest BCUT2D eigenvalue weighted by atomic mass is 32.1. The van der Waals surface area contributed by atoms with Crippen molar-refractivity contribution in [3.8, 4) is 17.0 Å². The molecule has 116 valence electrons. The predicted octanol–water partition coefficient (Wildman–Crippen LogP) is 2.35. The topological polar surface area (TPSA) is 71.5 Å². The fourth-order valence-electron chi connectivity index (χ4n) is 2.38. The average Bonchev–Trinajstić information content (AvgIpc) is 3.19. The third kappa shape index (κ3) is 3.64. The Morgan fingerprint density at radius 1 is 1.41 bits per heavy atom. The molecule has 0 saturated carbocycles. The summed E-state index contributed by atoms with van der Waals surface area (Å²) in [5.74, 6) is 0.226. The molecule has 1 saturated heterocycles. The Bertz CT molecular complexity index is 633. The van der Waals surface area contributed by atoms with Crippen molar-refractivity contribution in [1.82, 2.24) is 10.3 Å². The van der Waals surface area contributed by atoms with Gasteiger partial charge in [-0.05, 0) is 37.1 Å². The number of benzene rings is 1. The van der Waals surface area contributed by atoms with Gasteiger partial charge in [0.15, 0.2) is 0 Å². The lowest BCUT2D eigenvalue weighted by Crippen LogP contribution is -2.35. The highest BCUT2D eigenvalue weighted by molar-refractivity contribution is 7.09. The number of rotatable bonds is 5. The summed E-state index contributed by atoms with van der Waals surface area (Å²) >= 11 is 1.58. The first-order valence-electron chi connectivity index (χ1n) is 7.35. The van der Waals surface area contributed by atoms with Gasteiger partial charge in [0.1, 0.15) is 11.9 Å². The lowest BCUT2D eigenvalue weighted by Gasteiger charge is -2.09. The van der Waals surface area contributed by atoms with Gasteiger partial charge in [-0.25, -0.2) is 4.98 Å². The maximum Gasteiger partial charge on any atom is 0.249 e. The highest BCUT2D eigenvalue weighted by Gasteiger charge is 2.22. The summed E-state index contributed by atoms with van der Waals surface area (Å²) in [6.45, 7) is 1.25. The molecule has 1 aliphatic heterocycles. The van der Waals surface area contributed by atoms with Gasteiger partial charge in [-0.2, -0.15) is 0 Å². The second kappa shape index (κ2) is 6.89. The number of hydrogen-bond acceptors (Lipinski definition) is 5. The van der Waals surface area contributed by atoms with Gasteiger partial charge in [0, 0.05) is 30.5 Å². The molecule has 1 amide bonds. The van der Waals surface area contributed by atoms with E-state index in [-0.39, 0.29) is 17.8 Å². The smallest absolute Gasteiger partial charge is 0.249 e. The first kappa shape index (κ1) is 15.0. The Labute approximate surface area is 133 Å².